The second-order valence-corrected chi connectivity index (χ2v) is 14.8. The lowest BCUT2D eigenvalue weighted by atomic mass is 10.0. The third-order valence-electron chi connectivity index (χ3n) is 10.7. The van der Waals surface area contributed by atoms with Crippen molar-refractivity contribution in [3.05, 3.63) is 162 Å². The van der Waals surface area contributed by atoms with Crippen LogP contribution < -0.4 is 0 Å². The van der Waals surface area contributed by atoms with E-state index in [4.69, 9.17) is 11.6 Å². The molecular weight excluding hydrogens is 1000 g/mol. The highest BCUT2D eigenvalue weighted by molar-refractivity contribution is 6.35. The van der Waals surface area contributed by atoms with Crippen LogP contribution in [0.25, 0.3) is 90.9 Å². The summed E-state index contributed by atoms with van der Waals surface area (Å²) in [5, 5.41) is -1.02. The number of nitrogens with zero attached hydrogens (tertiary/aromatic N) is 2. The average molecular weight is 1010 g/mol. The smallest absolute Gasteiger partial charge is 0.200 e. The SMILES string of the molecule is Fc1c(F)c(F)c(-c2c3nc(c(-c4c(F)c(F)c(F)c(F)c4F)c4cc(Cl)c([nH]4)c(-c4c(F)c(F)c(F)c(F)c4F)c4nc(c(-c5c(F)c(F)c(F)c(F)c5F)c5ccc2[nH]5)C=C4)C=C3)c(F)c1F. The molecule has 0 fully saturated rings. The highest BCUT2D eigenvalue weighted by Crippen LogP contribution is 2.45. The molecule has 0 saturated carbocycles. The van der Waals surface area contributed by atoms with Gasteiger partial charge in [-0.15, -0.1) is 0 Å². The fraction of sp³-hybridized carbons (Fsp3) is 0. The number of hydrogen-bond acceptors (Lipinski definition) is 2. The van der Waals surface area contributed by atoms with E-state index in [2.05, 4.69) is 19.9 Å². The Morgan fingerprint density at radius 1 is 0.275 bits per heavy atom. The van der Waals surface area contributed by atoms with Crippen LogP contribution in [0, 0.1) is 116 Å². The molecule has 9 rings (SSSR count). The quantitative estimate of drug-likeness (QED) is 0.105. The summed E-state index contributed by atoms with van der Waals surface area (Å²) in [6.07, 6.45) is 2.26. The van der Waals surface area contributed by atoms with Gasteiger partial charge in [0.25, 0.3) is 0 Å². The lowest BCUT2D eigenvalue weighted by Gasteiger charge is -2.12. The maximum Gasteiger partial charge on any atom is 0.200 e. The summed E-state index contributed by atoms with van der Waals surface area (Å²) in [4.78, 5) is 12.2. The van der Waals surface area contributed by atoms with E-state index in [0.29, 0.717) is 42.5 Å². The molecule has 69 heavy (non-hydrogen) atoms. The first-order valence-electron chi connectivity index (χ1n) is 18.4. The van der Waals surface area contributed by atoms with E-state index in [-0.39, 0.29) is 0 Å². The molecule has 25 heteroatoms. The number of halogens is 21. The first-order valence-corrected chi connectivity index (χ1v) is 18.8. The Labute approximate surface area is 372 Å². The van der Waals surface area contributed by atoms with Gasteiger partial charge in [0.1, 0.15) is 0 Å². The van der Waals surface area contributed by atoms with Gasteiger partial charge in [-0.3, -0.25) is 0 Å². The predicted octanol–water partition coefficient (Wildman–Crippen LogP) is 14.8. The second kappa shape index (κ2) is 16.3. The fourth-order valence-electron chi connectivity index (χ4n) is 7.59. The molecule has 4 nitrogen and oxygen atoms in total. The molecule has 2 N–H and O–H groups in total. The van der Waals surface area contributed by atoms with Gasteiger partial charge in [-0.25, -0.2) is 97.8 Å². The summed E-state index contributed by atoms with van der Waals surface area (Å²) in [6, 6.07) is 1.70. The van der Waals surface area contributed by atoms with Gasteiger partial charge in [0.2, 0.25) is 23.3 Å². The number of benzene rings is 4. The van der Waals surface area contributed by atoms with Crippen molar-refractivity contribution in [3.8, 4) is 44.5 Å². The van der Waals surface area contributed by atoms with Crippen molar-refractivity contribution in [1.82, 2.24) is 19.9 Å². The Morgan fingerprint density at radius 3 is 0.797 bits per heavy atom. The summed E-state index contributed by atoms with van der Waals surface area (Å²) in [5.41, 5.74) is -21.4. The highest BCUT2D eigenvalue weighted by Gasteiger charge is 2.35. The monoisotopic (exact) mass is 1010 g/mol. The van der Waals surface area contributed by atoms with Gasteiger partial charge in [-0.1, -0.05) is 11.6 Å². The molecule has 352 valence electrons. The van der Waals surface area contributed by atoms with Gasteiger partial charge in [0.15, 0.2) is 93.1 Å². The van der Waals surface area contributed by atoms with E-state index in [9.17, 15) is 52.7 Å². The minimum Gasteiger partial charge on any atom is -0.354 e. The molecule has 5 heterocycles. The highest BCUT2D eigenvalue weighted by atomic mass is 35.5. The third-order valence-corrected chi connectivity index (χ3v) is 11.0. The lowest BCUT2D eigenvalue weighted by Crippen LogP contribution is -2.06. The molecule has 0 radical (unpaired) electrons. The van der Waals surface area contributed by atoms with Gasteiger partial charge in [0, 0.05) is 33.3 Å². The summed E-state index contributed by atoms with van der Waals surface area (Å²) in [6.45, 7) is 0. The number of nitrogens with one attached hydrogen (secondary N) is 2. The van der Waals surface area contributed by atoms with Crippen LogP contribution >= 0.6 is 11.6 Å². The maximum absolute atomic E-state index is 15.9. The Kier molecular flexibility index (Phi) is 11.0. The lowest BCUT2D eigenvalue weighted by molar-refractivity contribution is 0.381. The maximum atomic E-state index is 15.9. The average Bonchev–Trinajstić information content (AvgIpc) is 4.18. The molecule has 8 bridgehead atoms. The molecule has 4 aromatic carbocycles. The normalized spacial score (nSPS) is 12.3. The van der Waals surface area contributed by atoms with Gasteiger partial charge < -0.3 is 9.97 Å². The number of H-pyrrole nitrogens is 2. The van der Waals surface area contributed by atoms with Gasteiger partial charge in [-0.2, -0.15) is 0 Å². The Hall–Kier alpha value is -7.63. The van der Waals surface area contributed by atoms with Gasteiger partial charge in [0.05, 0.1) is 61.1 Å². The molecule has 0 unspecified atom stereocenters. The van der Waals surface area contributed by atoms with Crippen LogP contribution in [0.2, 0.25) is 5.02 Å². The Morgan fingerprint density at radius 2 is 0.507 bits per heavy atom. The van der Waals surface area contributed by atoms with Crippen molar-refractivity contribution in [2.24, 2.45) is 0 Å². The molecule has 0 amide bonds. The van der Waals surface area contributed by atoms with Crippen molar-refractivity contribution in [1.29, 1.82) is 0 Å². The van der Waals surface area contributed by atoms with Crippen LogP contribution in [0.15, 0.2) is 18.2 Å². The standard InChI is InChI=1S/C44H9ClF20N4/c45-8-7-15-18(22-28(50)36(58)42(64)37(59)29(22)51)13-4-3-11(67-13)16(20-24(46)32(54)40(62)33(55)25(20)47)9-1-2-10(66-9)17(21-26(48)34(56)41(63)35(57)27(21)49)12-5-6-14(68-12)19(44(8)69-15)23-30(52)38(60)43(65)39(61)31(23)53/h1-7,66,69H. The molecule has 7 aromatic rings. The molecule has 0 atom stereocenters. The molecule has 0 spiro atoms. The number of rotatable bonds is 4. The van der Waals surface area contributed by atoms with Crippen LogP contribution in [0.5, 0.6) is 0 Å². The number of fused-ring (bicyclic) bond motifs is 8. The third kappa shape index (κ3) is 6.69. The summed E-state index contributed by atoms with van der Waals surface area (Å²) >= 11 is 6.44. The van der Waals surface area contributed by atoms with Gasteiger partial charge in [-0.05, 0) is 42.5 Å². The van der Waals surface area contributed by atoms with Crippen molar-refractivity contribution in [2.45, 2.75) is 0 Å². The minimum atomic E-state index is -2.75. The molecule has 2 aliphatic rings. The molecule has 0 saturated heterocycles. The Balaban J connectivity index is 1.62. The van der Waals surface area contributed by atoms with E-state index in [1.165, 1.54) is 0 Å². The zero-order valence-corrected chi connectivity index (χ0v) is 33.1. The first-order chi connectivity index (χ1) is 32.5. The van der Waals surface area contributed by atoms with E-state index < -0.39 is 211 Å². The fourth-order valence-corrected chi connectivity index (χ4v) is 7.85. The van der Waals surface area contributed by atoms with Crippen LogP contribution in [-0.2, 0) is 0 Å². The zero-order chi connectivity index (χ0) is 50.1. The largest absolute Gasteiger partial charge is 0.354 e. The predicted molar refractivity (Wildman–Crippen MR) is 205 cm³/mol. The van der Waals surface area contributed by atoms with Crippen LogP contribution in [0.1, 0.15) is 22.8 Å². The number of aromatic amines is 2. The van der Waals surface area contributed by atoms with Crippen molar-refractivity contribution in [3.63, 3.8) is 0 Å². The van der Waals surface area contributed by atoms with E-state index in [1.807, 2.05) is 0 Å². The topological polar surface area (TPSA) is 57.4 Å². The van der Waals surface area contributed by atoms with E-state index in [1.54, 1.807) is 0 Å². The summed E-state index contributed by atoms with van der Waals surface area (Å²) in [5.74, 6) is -53.2. The Bertz CT molecular complexity index is 3650. The van der Waals surface area contributed by atoms with Crippen molar-refractivity contribution in [2.75, 3.05) is 0 Å². The molecule has 0 aliphatic carbocycles. The summed E-state index contributed by atoms with van der Waals surface area (Å²) < 4.78 is 304. The first kappa shape index (κ1) is 46.5. The van der Waals surface area contributed by atoms with Crippen molar-refractivity contribution < 1.29 is 87.8 Å². The number of aromatic nitrogens is 4. The summed E-state index contributed by atoms with van der Waals surface area (Å²) in [7, 11) is 0. The molecular formula is C44H9ClF20N4. The number of hydrogen-bond donors (Lipinski definition) is 2. The van der Waals surface area contributed by atoms with Crippen molar-refractivity contribution >= 4 is 58.0 Å². The second-order valence-electron chi connectivity index (χ2n) is 14.4. The van der Waals surface area contributed by atoms with Crippen LogP contribution in [0.3, 0.4) is 0 Å². The van der Waals surface area contributed by atoms with E-state index in [0.717, 1.165) is 0 Å². The molecule has 2 aliphatic heterocycles. The van der Waals surface area contributed by atoms with E-state index >= 15 is 35.1 Å². The minimum absolute atomic E-state index is 0.477. The zero-order valence-electron chi connectivity index (χ0n) is 32.4. The molecule has 3 aromatic heterocycles. The van der Waals surface area contributed by atoms with Crippen LogP contribution in [-0.4, -0.2) is 19.9 Å². The van der Waals surface area contributed by atoms with Gasteiger partial charge >= 0.3 is 0 Å². The van der Waals surface area contributed by atoms with Crippen LogP contribution in [0.4, 0.5) is 87.8 Å².